The van der Waals surface area contributed by atoms with Gasteiger partial charge in [0.25, 0.3) is 0 Å². The highest BCUT2D eigenvalue weighted by Crippen LogP contribution is 2.38. The van der Waals surface area contributed by atoms with Crippen LogP contribution in [-0.4, -0.2) is 56.8 Å². The number of likely N-dealkylation sites (tertiary alicyclic amines) is 1. The molecule has 0 saturated carbocycles. The third-order valence-corrected chi connectivity index (χ3v) is 4.94. The Morgan fingerprint density at radius 2 is 2.22 bits per heavy atom. The average molecular weight is 396 g/mol. The zero-order valence-corrected chi connectivity index (χ0v) is 16.6. The average Bonchev–Trinajstić information content (AvgIpc) is 2.69. The maximum Gasteiger partial charge on any atom is 0.310 e. The Labute approximate surface area is 164 Å². The van der Waals surface area contributed by atoms with Crippen molar-refractivity contribution in [2.45, 2.75) is 26.3 Å². The number of nitrogens with one attached hydrogen (secondary N) is 1. The van der Waals surface area contributed by atoms with E-state index in [9.17, 15) is 4.79 Å². The van der Waals surface area contributed by atoms with Gasteiger partial charge in [-0.15, -0.1) is 0 Å². The third kappa shape index (κ3) is 4.77. The number of halogens is 1. The SMILES string of the molecule is CCOC(=O)C1CCCN(C(=NC)NCc2cc(Cl)c3c(c2)OCCO3)C1. The number of fused-ring (bicyclic) bond motifs is 1. The number of carbonyl (C=O) groups is 1. The molecule has 8 heteroatoms. The van der Waals surface area contributed by atoms with Gasteiger partial charge < -0.3 is 24.4 Å². The Kier molecular flexibility index (Phi) is 6.66. The number of rotatable bonds is 4. The zero-order chi connectivity index (χ0) is 19.2. The van der Waals surface area contributed by atoms with Gasteiger partial charge in [0.15, 0.2) is 17.5 Å². The number of benzene rings is 1. The molecule has 1 atom stereocenters. The molecule has 1 unspecified atom stereocenters. The number of esters is 1. The van der Waals surface area contributed by atoms with Crippen molar-refractivity contribution in [2.24, 2.45) is 10.9 Å². The van der Waals surface area contributed by atoms with Crippen LogP contribution in [0, 0.1) is 5.92 Å². The molecule has 0 spiro atoms. The molecule has 2 heterocycles. The van der Waals surface area contributed by atoms with E-state index < -0.39 is 0 Å². The highest BCUT2D eigenvalue weighted by Gasteiger charge is 2.28. The first-order chi connectivity index (χ1) is 13.1. The second-order valence-electron chi connectivity index (χ2n) is 6.54. The van der Waals surface area contributed by atoms with Crippen LogP contribution in [0.15, 0.2) is 17.1 Å². The van der Waals surface area contributed by atoms with Crippen LogP contribution in [-0.2, 0) is 16.1 Å². The Morgan fingerprint density at radius 1 is 1.41 bits per heavy atom. The van der Waals surface area contributed by atoms with E-state index in [2.05, 4.69) is 15.2 Å². The fourth-order valence-electron chi connectivity index (χ4n) is 3.40. The Bertz CT molecular complexity index is 710. The summed E-state index contributed by atoms with van der Waals surface area (Å²) in [5.74, 6) is 1.79. The molecule has 2 aliphatic heterocycles. The number of carbonyl (C=O) groups excluding carboxylic acids is 1. The molecular formula is C19H26ClN3O4. The lowest BCUT2D eigenvalue weighted by molar-refractivity contribution is -0.149. The molecule has 1 aromatic carbocycles. The van der Waals surface area contributed by atoms with Gasteiger partial charge in [0.1, 0.15) is 13.2 Å². The summed E-state index contributed by atoms with van der Waals surface area (Å²) < 4.78 is 16.4. The molecule has 1 fully saturated rings. The van der Waals surface area contributed by atoms with Crippen molar-refractivity contribution in [3.63, 3.8) is 0 Å². The number of ether oxygens (including phenoxy) is 3. The molecule has 2 aliphatic rings. The third-order valence-electron chi connectivity index (χ3n) is 4.66. The van der Waals surface area contributed by atoms with E-state index in [1.807, 2.05) is 19.1 Å². The van der Waals surface area contributed by atoms with Crippen LogP contribution in [0.3, 0.4) is 0 Å². The van der Waals surface area contributed by atoms with Gasteiger partial charge in [-0.3, -0.25) is 9.79 Å². The fourth-order valence-corrected chi connectivity index (χ4v) is 3.69. The van der Waals surface area contributed by atoms with E-state index in [-0.39, 0.29) is 11.9 Å². The van der Waals surface area contributed by atoms with E-state index >= 15 is 0 Å². The van der Waals surface area contributed by atoms with Gasteiger partial charge in [-0.25, -0.2) is 0 Å². The van der Waals surface area contributed by atoms with Gasteiger partial charge in [-0.05, 0) is 37.5 Å². The van der Waals surface area contributed by atoms with Crippen molar-refractivity contribution in [1.82, 2.24) is 10.2 Å². The van der Waals surface area contributed by atoms with Crippen molar-refractivity contribution in [3.05, 3.63) is 22.7 Å². The summed E-state index contributed by atoms with van der Waals surface area (Å²) in [6, 6.07) is 3.80. The highest BCUT2D eigenvalue weighted by molar-refractivity contribution is 6.32. The Morgan fingerprint density at radius 3 is 3.00 bits per heavy atom. The molecule has 0 aliphatic carbocycles. The van der Waals surface area contributed by atoms with Gasteiger partial charge in [0.2, 0.25) is 0 Å². The number of hydrogen-bond donors (Lipinski definition) is 1. The molecule has 0 radical (unpaired) electrons. The number of nitrogens with zero attached hydrogens (tertiary/aromatic N) is 2. The monoisotopic (exact) mass is 395 g/mol. The first kappa shape index (κ1) is 19.6. The van der Waals surface area contributed by atoms with Gasteiger partial charge in [-0.2, -0.15) is 0 Å². The largest absolute Gasteiger partial charge is 0.486 e. The molecule has 148 valence electrons. The second kappa shape index (κ2) is 9.17. The van der Waals surface area contributed by atoms with Crippen LogP contribution >= 0.6 is 11.6 Å². The zero-order valence-electron chi connectivity index (χ0n) is 15.8. The summed E-state index contributed by atoms with van der Waals surface area (Å²) in [6.07, 6.45) is 1.78. The lowest BCUT2D eigenvalue weighted by Gasteiger charge is -2.34. The molecular weight excluding hydrogens is 370 g/mol. The van der Waals surface area contributed by atoms with E-state index in [0.29, 0.717) is 49.4 Å². The Balaban J connectivity index is 1.62. The smallest absolute Gasteiger partial charge is 0.310 e. The van der Waals surface area contributed by atoms with Crippen LogP contribution < -0.4 is 14.8 Å². The first-order valence-corrected chi connectivity index (χ1v) is 9.70. The predicted molar refractivity (Wildman–Crippen MR) is 104 cm³/mol. The molecule has 3 rings (SSSR count). The minimum Gasteiger partial charge on any atom is -0.486 e. The lowest BCUT2D eigenvalue weighted by atomic mass is 9.98. The molecule has 1 saturated heterocycles. The van der Waals surface area contributed by atoms with Crippen LogP contribution in [0.2, 0.25) is 5.02 Å². The number of piperidine rings is 1. The molecule has 27 heavy (non-hydrogen) atoms. The standard InChI is InChI=1S/C19H26ClN3O4/c1-3-25-18(24)14-5-4-6-23(12-14)19(21-2)22-11-13-9-15(20)17-16(10-13)26-7-8-27-17/h9-10,14H,3-8,11-12H2,1-2H3,(H,21,22). The van der Waals surface area contributed by atoms with Gasteiger partial charge in [-0.1, -0.05) is 11.6 Å². The molecule has 1 aromatic rings. The molecule has 0 bridgehead atoms. The number of guanidine groups is 1. The van der Waals surface area contributed by atoms with Crippen molar-refractivity contribution in [2.75, 3.05) is 40.0 Å². The van der Waals surface area contributed by atoms with E-state index in [0.717, 1.165) is 30.9 Å². The van der Waals surface area contributed by atoms with Gasteiger partial charge >= 0.3 is 5.97 Å². The quantitative estimate of drug-likeness (QED) is 0.479. The highest BCUT2D eigenvalue weighted by atomic mass is 35.5. The van der Waals surface area contributed by atoms with E-state index in [1.54, 1.807) is 7.05 Å². The van der Waals surface area contributed by atoms with Crippen molar-refractivity contribution >= 4 is 23.5 Å². The lowest BCUT2D eigenvalue weighted by Crippen LogP contribution is -2.48. The fraction of sp³-hybridized carbons (Fsp3) is 0.579. The second-order valence-corrected chi connectivity index (χ2v) is 6.95. The van der Waals surface area contributed by atoms with Gasteiger partial charge in [0.05, 0.1) is 17.5 Å². The summed E-state index contributed by atoms with van der Waals surface area (Å²) in [5, 5.41) is 3.89. The summed E-state index contributed by atoms with van der Waals surface area (Å²) in [6.45, 7) is 5.28. The topological polar surface area (TPSA) is 72.4 Å². The summed E-state index contributed by atoms with van der Waals surface area (Å²) in [5.41, 5.74) is 0.976. The van der Waals surface area contributed by atoms with Crippen molar-refractivity contribution < 1.29 is 19.0 Å². The molecule has 1 N–H and O–H groups in total. The summed E-state index contributed by atoms with van der Waals surface area (Å²) >= 11 is 6.30. The van der Waals surface area contributed by atoms with E-state index in [1.165, 1.54) is 0 Å². The van der Waals surface area contributed by atoms with Crippen LogP contribution in [0.5, 0.6) is 11.5 Å². The maximum atomic E-state index is 12.1. The number of aliphatic imine (C=N–C) groups is 1. The molecule has 0 aromatic heterocycles. The minimum absolute atomic E-state index is 0.110. The molecule has 0 amide bonds. The summed E-state index contributed by atoms with van der Waals surface area (Å²) in [7, 11) is 1.74. The Hall–Kier alpha value is -2.15. The first-order valence-electron chi connectivity index (χ1n) is 9.32. The summed E-state index contributed by atoms with van der Waals surface area (Å²) in [4.78, 5) is 18.5. The molecule has 7 nitrogen and oxygen atoms in total. The minimum atomic E-state index is -0.128. The maximum absolute atomic E-state index is 12.1. The van der Waals surface area contributed by atoms with E-state index in [4.69, 9.17) is 25.8 Å². The normalized spacial score (nSPS) is 19.6. The van der Waals surface area contributed by atoms with Crippen LogP contribution in [0.1, 0.15) is 25.3 Å². The number of hydrogen-bond acceptors (Lipinski definition) is 5. The van der Waals surface area contributed by atoms with Crippen LogP contribution in [0.4, 0.5) is 0 Å². The predicted octanol–water partition coefficient (Wildman–Crippen LogP) is 2.46. The van der Waals surface area contributed by atoms with Crippen LogP contribution in [0.25, 0.3) is 0 Å². The van der Waals surface area contributed by atoms with Crippen molar-refractivity contribution in [1.29, 1.82) is 0 Å². The van der Waals surface area contributed by atoms with Crippen molar-refractivity contribution in [3.8, 4) is 11.5 Å². The van der Waals surface area contributed by atoms with Gasteiger partial charge in [0, 0.05) is 26.7 Å².